The Hall–Kier alpha value is -6.08. The summed E-state index contributed by atoms with van der Waals surface area (Å²) in [4.78, 5) is 142. The number of hydrogen-bond acceptors (Lipinski definition) is 15. The Kier molecular flexibility index (Phi) is 42.9. The second-order valence-corrected chi connectivity index (χ2v) is 22.4. The highest BCUT2D eigenvalue weighted by atomic mass is 16.4. The van der Waals surface area contributed by atoms with E-state index in [4.69, 9.17) is 28.7 Å². The van der Waals surface area contributed by atoms with Gasteiger partial charge >= 0.3 is 5.97 Å². The monoisotopic (exact) mass is 1180 g/mol. The third-order valence-corrected chi connectivity index (χ3v) is 14.4. The molecule has 18 N–H and O–H groups in total. The van der Waals surface area contributed by atoms with Crippen LogP contribution in [0.5, 0.6) is 0 Å². The number of nitrogens with zero attached hydrogens (tertiary/aromatic N) is 2. The summed E-state index contributed by atoms with van der Waals surface area (Å²) in [5.41, 5.74) is 27.7. The normalized spacial score (nSPS) is 14.1. The number of rotatable bonds is 52. The number of guanidine groups is 2. The Bertz CT molecular complexity index is 2030. The molecule has 0 aromatic heterocycles. The zero-order chi connectivity index (χ0) is 62.7. The number of nitrogens with one attached hydrogen (secondary N) is 5. The zero-order valence-electron chi connectivity index (χ0n) is 50.5. The van der Waals surface area contributed by atoms with E-state index in [1.54, 1.807) is 0 Å². The third-order valence-electron chi connectivity index (χ3n) is 14.4. The van der Waals surface area contributed by atoms with Gasteiger partial charge in [0, 0.05) is 64.1 Å². The average molecular weight is 1180 g/mol. The predicted octanol–water partition coefficient (Wildman–Crippen LogP) is 2.22. The van der Waals surface area contributed by atoms with Crippen LogP contribution in [0.2, 0.25) is 0 Å². The number of carbonyl (C=O) groups is 10. The fraction of sp³-hybridized carbons (Fsp3) is 0.793. The number of aliphatic carboxylic acids is 1. The molecule has 0 spiro atoms. The summed E-state index contributed by atoms with van der Waals surface area (Å²) in [5.74, 6) is -13.0. The first kappa shape index (κ1) is 76.9. The Labute approximate surface area is 492 Å². The van der Waals surface area contributed by atoms with Gasteiger partial charge in [0.05, 0.1) is 49.6 Å². The fourth-order valence-electron chi connectivity index (χ4n) is 9.66. The van der Waals surface area contributed by atoms with E-state index >= 15 is 0 Å². The van der Waals surface area contributed by atoms with E-state index in [1.807, 2.05) is 13.8 Å². The standard InChI is InChI=1S/C58H106N12O13/c1-6-7-8-9-10-11-12-13-14-15-16-17-18-26-50(77)67-36-44(73)31-43(37-71)56(83)70-52(39(4)72)49(76)34-42(35-51(78)79)55(82)69-46(25-22-29-66-58(62)63)48(75)33-41(30-38(2)3)54(81)68-45(24-21-28-65-57(60)61)47(74)32-40(53(80)64-5)23-19-20-27-59/h38-43,45-46,52,71-72H,6-37,59H2,1-5H3,(H,64,80)(H,67,77)(H,68,81)(H,69,82)(H,70,83)(H,78,79)(H4,60,61,65)(H4,62,63,66)/t39-,40-,41-,42+,43+,45+,46+,52+/m1/s1. The van der Waals surface area contributed by atoms with Gasteiger partial charge < -0.3 is 70.6 Å². The number of carbonyl (C=O) groups excluding carboxylic acids is 9. The zero-order valence-corrected chi connectivity index (χ0v) is 50.5. The maximum Gasteiger partial charge on any atom is 0.304 e. The molecule has 0 aliphatic rings. The van der Waals surface area contributed by atoms with Crippen molar-refractivity contribution in [2.75, 3.05) is 39.8 Å². The first-order chi connectivity index (χ1) is 39.4. The van der Waals surface area contributed by atoms with Gasteiger partial charge in [-0.25, -0.2) is 0 Å². The number of ketones is 4. The predicted molar refractivity (Wildman–Crippen MR) is 319 cm³/mol. The van der Waals surface area contributed by atoms with E-state index in [0.29, 0.717) is 32.2 Å². The number of aliphatic hydroxyl groups excluding tert-OH is 2. The summed E-state index contributed by atoms with van der Waals surface area (Å²) >= 11 is 0. The molecule has 476 valence electrons. The number of carboxylic acids is 1. The number of aliphatic hydroxyl groups is 2. The molecule has 25 nitrogen and oxygen atoms in total. The lowest BCUT2D eigenvalue weighted by Crippen LogP contribution is -2.52. The summed E-state index contributed by atoms with van der Waals surface area (Å²) in [7, 11) is 1.46. The van der Waals surface area contributed by atoms with Crippen molar-refractivity contribution < 1.29 is 63.3 Å². The van der Waals surface area contributed by atoms with Crippen LogP contribution in [0.25, 0.3) is 0 Å². The van der Waals surface area contributed by atoms with Crippen LogP contribution in [0.3, 0.4) is 0 Å². The van der Waals surface area contributed by atoms with E-state index in [9.17, 15) is 63.3 Å². The van der Waals surface area contributed by atoms with Gasteiger partial charge in [-0.1, -0.05) is 104 Å². The molecule has 0 aromatic rings. The van der Waals surface area contributed by atoms with Crippen LogP contribution in [0.1, 0.15) is 201 Å². The molecular weight excluding hydrogens is 1070 g/mol. The molecule has 25 heteroatoms. The van der Waals surface area contributed by atoms with Crippen molar-refractivity contribution in [3.8, 4) is 0 Å². The lowest BCUT2D eigenvalue weighted by molar-refractivity contribution is -0.143. The van der Waals surface area contributed by atoms with Gasteiger partial charge in [-0.3, -0.25) is 57.9 Å². The second-order valence-electron chi connectivity index (χ2n) is 22.4. The lowest BCUT2D eigenvalue weighted by atomic mass is 9.87. The van der Waals surface area contributed by atoms with Crippen molar-refractivity contribution in [2.45, 2.75) is 225 Å². The van der Waals surface area contributed by atoms with Crippen LogP contribution >= 0.6 is 0 Å². The average Bonchev–Trinajstić information content (AvgIpc) is 3.50. The SMILES string of the molecule is CCCCCCCCCCCCCCCC(=O)NCC(=O)C[C@@H](CO)C(=O)N[C@H](C(=O)C[C@@H](CC(=O)O)C(=O)N[C@@H](CCCN=C(N)N)C(=O)C[C@@H](CC(C)C)C(=O)N[C@@H](CCCN=C(N)N)C(=O)C[C@@H](CCCCN)C(=O)NC)[C@@H](C)O. The quantitative estimate of drug-likeness (QED) is 0.0236. The van der Waals surface area contributed by atoms with Gasteiger partial charge in [0.25, 0.3) is 0 Å². The molecule has 0 aliphatic carbocycles. The van der Waals surface area contributed by atoms with Gasteiger partial charge in [0.1, 0.15) is 6.04 Å². The van der Waals surface area contributed by atoms with Crippen LogP contribution in [0.4, 0.5) is 0 Å². The van der Waals surface area contributed by atoms with Gasteiger partial charge in [0.2, 0.25) is 29.5 Å². The first-order valence-corrected chi connectivity index (χ1v) is 30.2. The molecule has 0 bridgehead atoms. The van der Waals surface area contributed by atoms with Crippen LogP contribution in [0.15, 0.2) is 9.98 Å². The van der Waals surface area contributed by atoms with Crippen LogP contribution in [-0.2, 0) is 47.9 Å². The molecule has 0 saturated carbocycles. The molecule has 0 saturated heterocycles. The van der Waals surface area contributed by atoms with Gasteiger partial charge in [-0.05, 0) is 70.8 Å². The summed E-state index contributed by atoms with van der Waals surface area (Å²) in [5, 5.41) is 43.5. The molecule has 5 amide bonds. The topological polar surface area (TPSA) is 446 Å². The highest BCUT2D eigenvalue weighted by molar-refractivity contribution is 5.98. The van der Waals surface area contributed by atoms with Gasteiger partial charge in [-0.2, -0.15) is 0 Å². The first-order valence-electron chi connectivity index (χ1n) is 30.2. The molecule has 0 rings (SSSR count). The van der Waals surface area contributed by atoms with E-state index < -0.39 is 134 Å². The molecule has 0 heterocycles. The number of carboxylic acid groups (broad SMARTS) is 1. The molecule has 0 unspecified atom stereocenters. The smallest absolute Gasteiger partial charge is 0.304 e. The maximum absolute atomic E-state index is 14.4. The molecule has 0 radical (unpaired) electrons. The molecule has 0 aliphatic heterocycles. The number of Topliss-reactive ketones (excluding diaryl/α,β-unsaturated/α-hetero) is 4. The molecule has 8 atom stereocenters. The van der Waals surface area contributed by atoms with Crippen LogP contribution in [-0.4, -0.2) is 150 Å². The lowest BCUT2D eigenvalue weighted by Gasteiger charge is -2.27. The molecule has 0 fully saturated rings. The van der Waals surface area contributed by atoms with E-state index in [0.717, 1.165) is 32.6 Å². The Balaban J connectivity index is 6.17. The van der Waals surface area contributed by atoms with Crippen LogP contribution < -0.4 is 55.3 Å². The molecule has 0 aromatic carbocycles. The largest absolute Gasteiger partial charge is 0.481 e. The number of aliphatic imine (C=N–C) groups is 2. The van der Waals surface area contributed by atoms with E-state index in [1.165, 1.54) is 58.4 Å². The number of amides is 5. The molecular formula is C58H106N12O13. The highest BCUT2D eigenvalue weighted by Gasteiger charge is 2.36. The van der Waals surface area contributed by atoms with Crippen molar-refractivity contribution in [2.24, 2.45) is 68.2 Å². The number of nitrogens with two attached hydrogens (primary N) is 5. The summed E-state index contributed by atoms with van der Waals surface area (Å²) in [6.07, 6.45) is 12.6. The summed E-state index contributed by atoms with van der Waals surface area (Å²) < 4.78 is 0. The number of unbranched alkanes of at least 4 members (excludes halogenated alkanes) is 13. The maximum atomic E-state index is 14.4. The minimum absolute atomic E-state index is 0.00617. The minimum atomic E-state index is -1.74. The second kappa shape index (κ2) is 46.3. The third kappa shape index (κ3) is 37.7. The van der Waals surface area contributed by atoms with Crippen molar-refractivity contribution in [3.05, 3.63) is 0 Å². The Morgan fingerprint density at radius 2 is 0.988 bits per heavy atom. The van der Waals surface area contributed by atoms with Gasteiger partial charge in [0.15, 0.2) is 35.1 Å². The highest BCUT2D eigenvalue weighted by Crippen LogP contribution is 2.23. The Morgan fingerprint density at radius 3 is 1.43 bits per heavy atom. The van der Waals surface area contributed by atoms with Crippen molar-refractivity contribution in [1.29, 1.82) is 0 Å². The minimum Gasteiger partial charge on any atom is -0.481 e. The summed E-state index contributed by atoms with van der Waals surface area (Å²) in [6.45, 7) is 6.28. The fourth-order valence-corrected chi connectivity index (χ4v) is 9.66. The van der Waals surface area contributed by atoms with Crippen LogP contribution in [0, 0.1) is 29.6 Å². The van der Waals surface area contributed by atoms with E-state index in [2.05, 4.69) is 43.5 Å². The van der Waals surface area contributed by atoms with E-state index in [-0.39, 0.29) is 87.7 Å². The van der Waals surface area contributed by atoms with Crippen molar-refractivity contribution >= 4 is 70.6 Å². The van der Waals surface area contributed by atoms with Crippen molar-refractivity contribution in [3.63, 3.8) is 0 Å². The number of hydrogen-bond donors (Lipinski definition) is 13. The van der Waals surface area contributed by atoms with Crippen molar-refractivity contribution in [1.82, 2.24) is 26.6 Å². The molecule has 83 heavy (non-hydrogen) atoms. The Morgan fingerprint density at radius 1 is 0.518 bits per heavy atom. The summed E-state index contributed by atoms with van der Waals surface area (Å²) in [6, 6.07) is -4.23. The van der Waals surface area contributed by atoms with Gasteiger partial charge in [-0.15, -0.1) is 0 Å².